The molecule has 0 saturated heterocycles. The third-order valence-corrected chi connectivity index (χ3v) is 4.86. The Kier molecular flexibility index (Phi) is 7.53. The molecule has 1 atom stereocenters. The van der Waals surface area contributed by atoms with Gasteiger partial charge in [-0.2, -0.15) is 0 Å². The Bertz CT molecular complexity index is 1020. The molecule has 0 aliphatic rings. The number of hydrogen-bond acceptors (Lipinski definition) is 4. The molecular weight excluding hydrogens is 406 g/mol. The number of carbonyl (C=O) groups excluding carboxylic acids is 2. The van der Waals surface area contributed by atoms with E-state index in [9.17, 15) is 9.59 Å². The molecule has 0 unspecified atom stereocenters. The molecule has 1 heterocycles. The molecule has 32 heavy (non-hydrogen) atoms. The maximum absolute atomic E-state index is 12.8. The van der Waals surface area contributed by atoms with Gasteiger partial charge in [0.2, 0.25) is 0 Å². The van der Waals surface area contributed by atoms with Gasteiger partial charge in [-0.1, -0.05) is 49.4 Å². The van der Waals surface area contributed by atoms with Gasteiger partial charge in [0, 0.05) is 17.6 Å². The highest BCUT2D eigenvalue weighted by Gasteiger charge is 2.25. The van der Waals surface area contributed by atoms with Crippen LogP contribution in [-0.2, 0) is 33.8 Å². The van der Waals surface area contributed by atoms with Crippen molar-refractivity contribution in [1.29, 1.82) is 0 Å². The number of aromatic amines is 1. The lowest BCUT2D eigenvalue weighted by Gasteiger charge is -2.23. The smallest absolute Gasteiger partial charge is 0.408 e. The molecule has 7 heteroatoms. The van der Waals surface area contributed by atoms with Gasteiger partial charge >= 0.3 is 6.09 Å². The summed E-state index contributed by atoms with van der Waals surface area (Å²) in [5.74, 6) is -0.459. The van der Waals surface area contributed by atoms with E-state index in [2.05, 4.69) is 22.7 Å². The van der Waals surface area contributed by atoms with E-state index in [4.69, 9.17) is 9.57 Å². The van der Waals surface area contributed by atoms with E-state index in [-0.39, 0.29) is 13.0 Å². The molecule has 170 valence electrons. The average Bonchev–Trinajstić information content (AvgIpc) is 3.14. The van der Waals surface area contributed by atoms with Gasteiger partial charge in [-0.15, -0.1) is 0 Å². The van der Waals surface area contributed by atoms with Crippen molar-refractivity contribution in [2.24, 2.45) is 0 Å². The zero-order valence-corrected chi connectivity index (χ0v) is 19.0. The number of ether oxygens (including phenoxy) is 1. The van der Waals surface area contributed by atoms with Gasteiger partial charge in [-0.3, -0.25) is 9.63 Å². The highest BCUT2D eigenvalue weighted by Crippen LogP contribution is 2.16. The van der Waals surface area contributed by atoms with Crippen molar-refractivity contribution in [1.82, 2.24) is 15.8 Å². The van der Waals surface area contributed by atoms with Gasteiger partial charge in [0.05, 0.1) is 6.61 Å². The Morgan fingerprint density at radius 1 is 1.03 bits per heavy atom. The van der Waals surface area contributed by atoms with Crippen LogP contribution in [0.3, 0.4) is 0 Å². The minimum atomic E-state index is -0.875. The Morgan fingerprint density at radius 3 is 2.38 bits per heavy atom. The number of carbonyl (C=O) groups is 2. The Labute approximate surface area is 188 Å². The lowest BCUT2D eigenvalue weighted by Crippen LogP contribution is -2.49. The molecule has 3 N–H and O–H groups in total. The molecule has 0 spiro atoms. The van der Waals surface area contributed by atoms with Crippen molar-refractivity contribution in [3.63, 3.8) is 0 Å². The van der Waals surface area contributed by atoms with Gasteiger partial charge in [0.15, 0.2) is 0 Å². The predicted octanol–water partition coefficient (Wildman–Crippen LogP) is 4.41. The largest absolute Gasteiger partial charge is 0.444 e. The number of nitrogens with one attached hydrogen (secondary N) is 3. The normalized spacial score (nSPS) is 12.4. The lowest BCUT2D eigenvalue weighted by molar-refractivity contribution is -0.136. The van der Waals surface area contributed by atoms with E-state index in [1.807, 2.05) is 54.6 Å². The fraction of sp³-hybridized carbons (Fsp3) is 0.360. The number of benzene rings is 2. The highest BCUT2D eigenvalue weighted by molar-refractivity contribution is 5.86. The number of amides is 2. The van der Waals surface area contributed by atoms with Crippen LogP contribution in [0.2, 0.25) is 0 Å². The number of aromatic nitrogens is 1. The van der Waals surface area contributed by atoms with Crippen molar-refractivity contribution in [2.45, 2.75) is 58.8 Å². The lowest BCUT2D eigenvalue weighted by atomic mass is 10.1. The van der Waals surface area contributed by atoms with Crippen LogP contribution in [0.5, 0.6) is 0 Å². The third kappa shape index (κ3) is 6.85. The number of hydrogen-bond donors (Lipinski definition) is 3. The summed E-state index contributed by atoms with van der Waals surface area (Å²) >= 11 is 0. The predicted molar refractivity (Wildman–Crippen MR) is 124 cm³/mol. The van der Waals surface area contributed by atoms with Gasteiger partial charge < -0.3 is 15.0 Å². The van der Waals surface area contributed by atoms with E-state index in [0.717, 1.165) is 28.6 Å². The minimum absolute atomic E-state index is 0.223. The first-order valence-corrected chi connectivity index (χ1v) is 10.8. The SMILES string of the molecule is CCc1ccc(CONC(=O)[C@@H](Cc2cc3ccccc3[nH]2)NC(=O)OC(C)(C)C)cc1. The van der Waals surface area contributed by atoms with E-state index in [1.54, 1.807) is 20.8 Å². The molecule has 2 amide bonds. The molecule has 0 bridgehead atoms. The van der Waals surface area contributed by atoms with Crippen LogP contribution < -0.4 is 10.8 Å². The zero-order chi connectivity index (χ0) is 23.1. The molecule has 7 nitrogen and oxygen atoms in total. The summed E-state index contributed by atoms with van der Waals surface area (Å²) in [6, 6.07) is 16.9. The Morgan fingerprint density at radius 2 is 1.72 bits per heavy atom. The van der Waals surface area contributed by atoms with E-state index in [0.29, 0.717) is 0 Å². The van der Waals surface area contributed by atoms with Gasteiger partial charge in [0.25, 0.3) is 5.91 Å². The highest BCUT2D eigenvalue weighted by atomic mass is 16.7. The van der Waals surface area contributed by atoms with Crippen molar-refractivity contribution in [3.05, 3.63) is 71.4 Å². The molecule has 1 aromatic heterocycles. The summed E-state index contributed by atoms with van der Waals surface area (Å²) in [7, 11) is 0. The summed E-state index contributed by atoms with van der Waals surface area (Å²) in [4.78, 5) is 33.9. The summed E-state index contributed by atoms with van der Waals surface area (Å²) in [5, 5.41) is 3.69. The molecule has 2 aromatic carbocycles. The van der Waals surface area contributed by atoms with Crippen LogP contribution in [0.4, 0.5) is 4.79 Å². The second-order valence-corrected chi connectivity index (χ2v) is 8.71. The number of H-pyrrole nitrogens is 1. The van der Waals surface area contributed by atoms with E-state index < -0.39 is 23.6 Å². The Hall–Kier alpha value is -3.32. The first-order chi connectivity index (χ1) is 15.2. The number of alkyl carbamates (subject to hydrolysis) is 1. The standard InChI is InChI=1S/C25H31N3O4/c1-5-17-10-12-18(13-11-17)16-31-28-23(29)22(27-24(30)32-25(2,3)4)15-20-14-19-8-6-7-9-21(19)26-20/h6-14,22,26H,5,15-16H2,1-4H3,(H,27,30)(H,28,29)/t22-/m1/s1. The van der Waals surface area contributed by atoms with Crippen LogP contribution in [0, 0.1) is 0 Å². The van der Waals surface area contributed by atoms with Crippen molar-refractivity contribution in [2.75, 3.05) is 0 Å². The van der Waals surface area contributed by atoms with Gasteiger partial charge in [-0.05, 0) is 55.8 Å². The number of fused-ring (bicyclic) bond motifs is 1. The molecule has 0 aliphatic carbocycles. The summed E-state index contributed by atoms with van der Waals surface area (Å²) in [6.07, 6.45) is 0.557. The molecule has 0 aliphatic heterocycles. The van der Waals surface area contributed by atoms with Gasteiger partial charge in [-0.25, -0.2) is 10.3 Å². The fourth-order valence-electron chi connectivity index (χ4n) is 3.26. The van der Waals surface area contributed by atoms with Crippen LogP contribution in [0.25, 0.3) is 10.9 Å². The Balaban J connectivity index is 1.65. The van der Waals surface area contributed by atoms with E-state index >= 15 is 0 Å². The second-order valence-electron chi connectivity index (χ2n) is 8.71. The summed E-state index contributed by atoms with van der Waals surface area (Å²) in [6.45, 7) is 7.63. The van der Waals surface area contributed by atoms with Crippen LogP contribution in [-0.4, -0.2) is 28.6 Å². The van der Waals surface area contributed by atoms with Crippen molar-refractivity contribution in [3.8, 4) is 0 Å². The quantitative estimate of drug-likeness (QED) is 0.455. The number of aryl methyl sites for hydroxylation is 1. The fourth-order valence-corrected chi connectivity index (χ4v) is 3.26. The van der Waals surface area contributed by atoms with Crippen molar-refractivity contribution < 1.29 is 19.2 Å². The average molecular weight is 438 g/mol. The maximum atomic E-state index is 12.8. The van der Waals surface area contributed by atoms with Crippen molar-refractivity contribution >= 4 is 22.9 Å². The summed E-state index contributed by atoms with van der Waals surface area (Å²) in [5.41, 5.74) is 5.74. The molecule has 3 rings (SSSR count). The monoisotopic (exact) mass is 437 g/mol. The first kappa shape index (κ1) is 23.3. The summed E-state index contributed by atoms with van der Waals surface area (Å²) < 4.78 is 5.33. The molecule has 0 fully saturated rings. The third-order valence-electron chi connectivity index (χ3n) is 4.86. The maximum Gasteiger partial charge on any atom is 0.408 e. The second kappa shape index (κ2) is 10.3. The number of para-hydroxylation sites is 1. The molecular formula is C25H31N3O4. The number of hydroxylamine groups is 1. The van der Waals surface area contributed by atoms with Crippen LogP contribution >= 0.6 is 0 Å². The molecule has 0 saturated carbocycles. The minimum Gasteiger partial charge on any atom is -0.444 e. The number of rotatable bonds is 8. The first-order valence-electron chi connectivity index (χ1n) is 10.8. The van der Waals surface area contributed by atoms with E-state index in [1.165, 1.54) is 5.56 Å². The molecule has 3 aromatic rings. The topological polar surface area (TPSA) is 92.5 Å². The zero-order valence-electron chi connectivity index (χ0n) is 19.0. The van der Waals surface area contributed by atoms with Crippen LogP contribution in [0.1, 0.15) is 44.5 Å². The van der Waals surface area contributed by atoms with Crippen LogP contribution in [0.15, 0.2) is 54.6 Å². The van der Waals surface area contributed by atoms with Gasteiger partial charge in [0.1, 0.15) is 11.6 Å². The molecule has 0 radical (unpaired) electrons.